The van der Waals surface area contributed by atoms with Crippen molar-refractivity contribution < 1.29 is 9.59 Å². The topological polar surface area (TPSA) is 70.6 Å². The number of fused-ring (bicyclic) bond motifs is 2. The Bertz CT molecular complexity index is 1180. The zero-order chi connectivity index (χ0) is 20.8. The van der Waals surface area contributed by atoms with Crippen LogP contribution in [-0.4, -0.2) is 18.0 Å². The number of amides is 2. The number of carbonyl (C=O) groups is 2. The quantitative estimate of drug-likeness (QED) is 0.278. The highest BCUT2D eigenvalue weighted by Crippen LogP contribution is 2.27. The summed E-state index contributed by atoms with van der Waals surface area (Å²) in [6, 6.07) is 27.5. The minimum absolute atomic E-state index is 0.0618. The molecule has 0 aromatic heterocycles. The van der Waals surface area contributed by atoms with Crippen LogP contribution in [0.5, 0.6) is 0 Å². The van der Waals surface area contributed by atoms with Crippen LogP contribution in [0.4, 0.5) is 5.69 Å². The van der Waals surface area contributed by atoms with Crippen molar-refractivity contribution in [3.63, 3.8) is 0 Å². The Morgan fingerprint density at radius 3 is 1.97 bits per heavy atom. The Morgan fingerprint density at radius 1 is 0.733 bits per heavy atom. The number of rotatable bonds is 6. The van der Waals surface area contributed by atoms with E-state index in [4.69, 9.17) is 0 Å². The fourth-order valence-corrected chi connectivity index (χ4v) is 3.38. The number of carbonyl (C=O) groups excluding carboxylic acids is 2. The van der Waals surface area contributed by atoms with Gasteiger partial charge in [-0.05, 0) is 39.7 Å². The van der Waals surface area contributed by atoms with Crippen molar-refractivity contribution in [1.29, 1.82) is 0 Å². The standard InChI is InChI=1S/C25H21N3O2/c29-24(27-20-10-2-1-3-11-20)14-15-25(30)28-26-17-23-21-12-6-4-8-18(21)16-19-9-5-7-13-22(19)23/h1-13,16-17H,14-15H2,(H,27,29)(H,28,30)/b26-17-. The van der Waals surface area contributed by atoms with Crippen molar-refractivity contribution in [2.75, 3.05) is 5.32 Å². The minimum Gasteiger partial charge on any atom is -0.326 e. The van der Waals surface area contributed by atoms with E-state index in [1.165, 1.54) is 0 Å². The fourth-order valence-electron chi connectivity index (χ4n) is 3.38. The normalized spacial score (nSPS) is 11.1. The first-order chi connectivity index (χ1) is 14.7. The lowest BCUT2D eigenvalue weighted by molar-refractivity contribution is -0.124. The molecule has 4 rings (SSSR count). The molecule has 0 heterocycles. The largest absolute Gasteiger partial charge is 0.326 e. The van der Waals surface area contributed by atoms with Crippen LogP contribution in [0.3, 0.4) is 0 Å². The molecule has 148 valence electrons. The average Bonchev–Trinajstić information content (AvgIpc) is 2.78. The van der Waals surface area contributed by atoms with E-state index in [0.29, 0.717) is 5.69 Å². The summed E-state index contributed by atoms with van der Waals surface area (Å²) in [6.07, 6.45) is 1.83. The first kappa shape index (κ1) is 19.3. The van der Waals surface area contributed by atoms with E-state index in [-0.39, 0.29) is 24.7 Å². The summed E-state index contributed by atoms with van der Waals surface area (Å²) in [5.41, 5.74) is 4.19. The number of hydrogen-bond donors (Lipinski definition) is 2. The van der Waals surface area contributed by atoms with E-state index in [2.05, 4.69) is 34.0 Å². The van der Waals surface area contributed by atoms with Crippen LogP contribution in [0.15, 0.2) is 90.0 Å². The maximum atomic E-state index is 12.1. The molecule has 0 spiro atoms. The Hall–Kier alpha value is -3.99. The molecule has 5 heteroatoms. The molecule has 5 nitrogen and oxygen atoms in total. The fraction of sp³-hybridized carbons (Fsp3) is 0.0800. The van der Waals surface area contributed by atoms with E-state index in [1.807, 2.05) is 54.6 Å². The van der Waals surface area contributed by atoms with Crippen LogP contribution < -0.4 is 10.7 Å². The predicted octanol–water partition coefficient (Wildman–Crippen LogP) is 4.86. The van der Waals surface area contributed by atoms with E-state index < -0.39 is 0 Å². The van der Waals surface area contributed by atoms with Crippen LogP contribution in [0.1, 0.15) is 18.4 Å². The number of para-hydroxylation sites is 1. The van der Waals surface area contributed by atoms with Gasteiger partial charge in [-0.1, -0.05) is 66.7 Å². The van der Waals surface area contributed by atoms with Crippen LogP contribution in [-0.2, 0) is 9.59 Å². The third-order valence-electron chi connectivity index (χ3n) is 4.83. The highest BCUT2D eigenvalue weighted by Gasteiger charge is 2.08. The van der Waals surface area contributed by atoms with Gasteiger partial charge >= 0.3 is 0 Å². The maximum absolute atomic E-state index is 12.1. The van der Waals surface area contributed by atoms with Gasteiger partial charge < -0.3 is 5.32 Å². The molecule has 0 unspecified atom stereocenters. The first-order valence-corrected chi connectivity index (χ1v) is 9.78. The molecule has 0 atom stereocenters. The Morgan fingerprint density at radius 2 is 1.30 bits per heavy atom. The molecule has 4 aromatic carbocycles. The lowest BCUT2D eigenvalue weighted by Crippen LogP contribution is -2.20. The summed E-state index contributed by atoms with van der Waals surface area (Å²) in [7, 11) is 0. The minimum atomic E-state index is -0.306. The van der Waals surface area contributed by atoms with Gasteiger partial charge in [-0.15, -0.1) is 0 Å². The second-order valence-electron chi connectivity index (χ2n) is 6.94. The molecule has 0 radical (unpaired) electrons. The molecule has 2 N–H and O–H groups in total. The SMILES string of the molecule is O=C(CCC(=O)Nc1ccccc1)N/N=C\c1c2ccccc2cc2ccccc12. The second kappa shape index (κ2) is 9.01. The number of benzene rings is 4. The van der Waals surface area contributed by atoms with Gasteiger partial charge in [-0.3, -0.25) is 9.59 Å². The lowest BCUT2D eigenvalue weighted by Gasteiger charge is -2.08. The van der Waals surface area contributed by atoms with E-state index in [9.17, 15) is 9.59 Å². The first-order valence-electron chi connectivity index (χ1n) is 9.78. The second-order valence-corrected chi connectivity index (χ2v) is 6.94. The highest BCUT2D eigenvalue weighted by atomic mass is 16.2. The third-order valence-corrected chi connectivity index (χ3v) is 4.83. The zero-order valence-corrected chi connectivity index (χ0v) is 16.3. The van der Waals surface area contributed by atoms with Crippen molar-refractivity contribution in [2.45, 2.75) is 12.8 Å². The zero-order valence-electron chi connectivity index (χ0n) is 16.3. The number of nitrogens with zero attached hydrogens (tertiary/aromatic N) is 1. The van der Waals surface area contributed by atoms with Gasteiger partial charge in [-0.2, -0.15) is 5.10 Å². The molecular weight excluding hydrogens is 374 g/mol. The molecule has 0 aliphatic carbocycles. The number of anilines is 1. The monoisotopic (exact) mass is 395 g/mol. The van der Waals surface area contributed by atoms with Gasteiger partial charge in [-0.25, -0.2) is 5.43 Å². The Labute approximate surface area is 174 Å². The highest BCUT2D eigenvalue weighted by molar-refractivity contribution is 6.13. The number of hydrogen-bond acceptors (Lipinski definition) is 3. The van der Waals surface area contributed by atoms with E-state index in [0.717, 1.165) is 27.1 Å². The average molecular weight is 395 g/mol. The Balaban J connectivity index is 1.42. The smallest absolute Gasteiger partial charge is 0.240 e. The van der Waals surface area contributed by atoms with E-state index >= 15 is 0 Å². The molecular formula is C25H21N3O2. The molecule has 0 aliphatic heterocycles. The van der Waals surface area contributed by atoms with Crippen molar-refractivity contribution in [2.24, 2.45) is 5.10 Å². The van der Waals surface area contributed by atoms with E-state index in [1.54, 1.807) is 18.3 Å². The molecule has 4 aromatic rings. The molecule has 0 bridgehead atoms. The van der Waals surface area contributed by atoms with Crippen molar-refractivity contribution in [1.82, 2.24) is 5.43 Å². The van der Waals surface area contributed by atoms with Gasteiger partial charge in [0.2, 0.25) is 11.8 Å². The molecule has 2 amide bonds. The van der Waals surface area contributed by atoms with Crippen LogP contribution in [0, 0.1) is 0 Å². The summed E-state index contributed by atoms with van der Waals surface area (Å²) in [5.74, 6) is -0.514. The molecule has 0 saturated carbocycles. The van der Waals surface area contributed by atoms with Crippen LogP contribution in [0.25, 0.3) is 21.5 Å². The summed E-state index contributed by atoms with van der Waals surface area (Å²) in [4.78, 5) is 24.1. The van der Waals surface area contributed by atoms with Crippen LogP contribution in [0.2, 0.25) is 0 Å². The molecule has 30 heavy (non-hydrogen) atoms. The maximum Gasteiger partial charge on any atom is 0.240 e. The molecule has 0 saturated heterocycles. The Kier molecular flexibility index (Phi) is 5.80. The summed E-state index contributed by atoms with van der Waals surface area (Å²) < 4.78 is 0. The van der Waals surface area contributed by atoms with Gasteiger partial charge in [0.1, 0.15) is 0 Å². The van der Waals surface area contributed by atoms with Gasteiger partial charge in [0.25, 0.3) is 0 Å². The van der Waals surface area contributed by atoms with Gasteiger partial charge in [0.15, 0.2) is 0 Å². The van der Waals surface area contributed by atoms with Crippen LogP contribution >= 0.6 is 0 Å². The molecule has 0 fully saturated rings. The number of hydrazone groups is 1. The van der Waals surface area contributed by atoms with Gasteiger partial charge in [0.05, 0.1) is 6.21 Å². The summed E-state index contributed by atoms with van der Waals surface area (Å²) in [6.45, 7) is 0. The lowest BCUT2D eigenvalue weighted by atomic mass is 9.97. The summed E-state index contributed by atoms with van der Waals surface area (Å²) >= 11 is 0. The van der Waals surface area contributed by atoms with Gasteiger partial charge in [0, 0.05) is 24.1 Å². The number of nitrogens with one attached hydrogen (secondary N) is 2. The van der Waals surface area contributed by atoms with Crippen molar-refractivity contribution in [3.8, 4) is 0 Å². The van der Waals surface area contributed by atoms with Crippen molar-refractivity contribution >= 4 is 45.3 Å². The summed E-state index contributed by atoms with van der Waals surface area (Å²) in [5, 5.41) is 11.3. The predicted molar refractivity (Wildman–Crippen MR) is 121 cm³/mol. The molecule has 0 aliphatic rings. The third kappa shape index (κ3) is 4.52. The van der Waals surface area contributed by atoms with Crippen molar-refractivity contribution in [3.05, 3.63) is 90.5 Å².